The molecule has 140 valence electrons. The van der Waals surface area contributed by atoms with E-state index < -0.39 is 11.4 Å². The second-order valence-corrected chi connectivity index (χ2v) is 8.82. The lowest BCUT2D eigenvalue weighted by atomic mass is 10.1. The average molecular weight is 375 g/mol. The maximum atomic E-state index is 12.2. The summed E-state index contributed by atoms with van der Waals surface area (Å²) in [6.07, 6.45) is 1.72. The minimum Gasteiger partial charge on any atom is -0.591 e. The number of hydrogen-bond donors (Lipinski definition) is 0. The molecule has 0 bridgehead atoms. The van der Waals surface area contributed by atoms with Gasteiger partial charge in [-0.15, -0.1) is 0 Å². The Morgan fingerprint density at radius 1 is 1.15 bits per heavy atom. The molecular weight excluding hydrogens is 348 g/mol. The van der Waals surface area contributed by atoms with Gasteiger partial charge in [0.1, 0.15) is 21.9 Å². The minimum absolute atomic E-state index is 0.376. The number of aromatic nitrogens is 1. The van der Waals surface area contributed by atoms with Crippen molar-refractivity contribution >= 4 is 17.1 Å². The molecular formula is C20H26N2O3S. The van der Waals surface area contributed by atoms with Gasteiger partial charge in [0, 0.05) is 11.8 Å². The molecule has 0 unspecified atom stereocenters. The fourth-order valence-electron chi connectivity index (χ4n) is 2.09. The van der Waals surface area contributed by atoms with Crippen LogP contribution in [0.3, 0.4) is 0 Å². The van der Waals surface area contributed by atoms with Crippen molar-refractivity contribution in [2.75, 3.05) is 7.11 Å². The number of rotatable bonds is 7. The van der Waals surface area contributed by atoms with Gasteiger partial charge in [-0.3, -0.25) is 4.98 Å². The van der Waals surface area contributed by atoms with Crippen LogP contribution in [0.5, 0.6) is 5.75 Å². The fourth-order valence-corrected chi connectivity index (χ4v) is 2.72. The number of benzene rings is 1. The van der Waals surface area contributed by atoms with Crippen molar-refractivity contribution in [1.82, 2.24) is 4.98 Å². The number of nitrogens with zero attached hydrogens (tertiary/aromatic N) is 2. The van der Waals surface area contributed by atoms with Crippen LogP contribution < -0.4 is 4.74 Å². The van der Waals surface area contributed by atoms with Gasteiger partial charge in [-0.2, -0.15) is 0 Å². The van der Waals surface area contributed by atoms with Gasteiger partial charge in [-0.25, -0.2) is 0 Å². The third-order valence-electron chi connectivity index (χ3n) is 3.66. The molecule has 1 heterocycles. The number of ether oxygens (including phenoxy) is 2. The van der Waals surface area contributed by atoms with Crippen LogP contribution in [-0.4, -0.2) is 27.1 Å². The molecule has 0 aliphatic carbocycles. The Hall–Kier alpha value is -1.89. The fraction of sp³-hybridized carbons (Fsp3) is 0.400. The highest BCUT2D eigenvalue weighted by molar-refractivity contribution is 7.91. The summed E-state index contributed by atoms with van der Waals surface area (Å²) >= 11 is -1.28. The minimum atomic E-state index is -1.28. The van der Waals surface area contributed by atoms with Gasteiger partial charge in [0.15, 0.2) is 0 Å². The molecule has 0 spiro atoms. The Kier molecular flexibility index (Phi) is 7.20. The number of pyridine rings is 1. The van der Waals surface area contributed by atoms with Crippen molar-refractivity contribution < 1.29 is 14.0 Å². The van der Waals surface area contributed by atoms with Crippen LogP contribution in [0.25, 0.3) is 0 Å². The lowest BCUT2D eigenvalue weighted by Crippen LogP contribution is -2.26. The molecule has 6 heteroatoms. The lowest BCUT2D eigenvalue weighted by molar-refractivity contribution is 0.104. The van der Waals surface area contributed by atoms with Crippen LogP contribution in [-0.2, 0) is 29.3 Å². The summed E-state index contributed by atoms with van der Waals surface area (Å²) in [6.45, 7) is 8.48. The first-order valence-electron chi connectivity index (χ1n) is 8.43. The molecule has 0 fully saturated rings. The van der Waals surface area contributed by atoms with Crippen molar-refractivity contribution in [1.29, 1.82) is 0 Å². The molecule has 0 N–H and O–H groups in total. The molecule has 5 nitrogen and oxygen atoms in total. The van der Waals surface area contributed by atoms with Gasteiger partial charge >= 0.3 is 0 Å². The normalized spacial score (nSPS) is 13.5. The van der Waals surface area contributed by atoms with Crippen molar-refractivity contribution in [3.8, 4) is 5.75 Å². The zero-order chi connectivity index (χ0) is 19.2. The summed E-state index contributed by atoms with van der Waals surface area (Å²) < 4.78 is 27.0. The first-order valence-corrected chi connectivity index (χ1v) is 9.53. The van der Waals surface area contributed by atoms with Crippen molar-refractivity contribution in [3.63, 3.8) is 0 Å². The van der Waals surface area contributed by atoms with E-state index >= 15 is 0 Å². The van der Waals surface area contributed by atoms with Gasteiger partial charge < -0.3 is 14.0 Å². The van der Waals surface area contributed by atoms with Crippen LogP contribution in [0.2, 0.25) is 0 Å². The molecule has 0 saturated carbocycles. The maximum absolute atomic E-state index is 12.2. The smallest absolute Gasteiger partial charge is 0.144 e. The predicted octanol–water partition coefficient (Wildman–Crippen LogP) is 4.08. The van der Waals surface area contributed by atoms with Crippen molar-refractivity contribution in [3.05, 3.63) is 59.4 Å². The van der Waals surface area contributed by atoms with E-state index in [0.717, 1.165) is 28.3 Å². The zero-order valence-corrected chi connectivity index (χ0v) is 16.8. The Morgan fingerprint density at radius 2 is 1.85 bits per heavy atom. The molecule has 0 aliphatic heterocycles. The van der Waals surface area contributed by atoms with Crippen LogP contribution in [0.15, 0.2) is 47.0 Å². The van der Waals surface area contributed by atoms with Crippen molar-refractivity contribution in [2.45, 2.75) is 45.7 Å². The quantitative estimate of drug-likeness (QED) is 0.541. The molecule has 0 amide bonds. The molecule has 26 heavy (non-hydrogen) atoms. The monoisotopic (exact) mass is 374 g/mol. The van der Waals surface area contributed by atoms with Gasteiger partial charge in [-0.05, 0) is 57.5 Å². The Balaban J connectivity index is 1.96. The first-order chi connectivity index (χ1) is 12.3. The number of hydrogen-bond acceptors (Lipinski definition) is 5. The van der Waals surface area contributed by atoms with Gasteiger partial charge in [0.05, 0.1) is 31.7 Å². The molecule has 0 radical (unpaired) electrons. The first kappa shape index (κ1) is 20.4. The summed E-state index contributed by atoms with van der Waals surface area (Å²) in [5, 5.41) is 0. The summed E-state index contributed by atoms with van der Waals surface area (Å²) in [6, 6.07) is 11.6. The van der Waals surface area contributed by atoms with Crippen LogP contribution in [0.4, 0.5) is 0 Å². The highest BCUT2D eigenvalue weighted by atomic mass is 32.2. The van der Waals surface area contributed by atoms with E-state index in [0.29, 0.717) is 13.2 Å². The summed E-state index contributed by atoms with van der Waals surface area (Å²) in [7, 11) is 1.65. The molecule has 1 aromatic carbocycles. The van der Waals surface area contributed by atoms with Gasteiger partial charge in [0.25, 0.3) is 0 Å². The van der Waals surface area contributed by atoms with Crippen LogP contribution in [0, 0.1) is 0 Å². The standard InChI is InChI=1S/C20H26N2O3S/c1-15(22-26(23)20(2,3)4)17-10-11-21-18(12-17)14-25-13-16-6-8-19(24-5)9-7-16/h6-12H,13-14H2,1-5H3/b22-15-/t26-/m1/s1. The molecule has 2 aromatic rings. The van der Waals surface area contributed by atoms with Gasteiger partial charge in [-0.1, -0.05) is 16.5 Å². The third kappa shape index (κ3) is 6.12. The van der Waals surface area contributed by atoms with E-state index in [2.05, 4.69) is 9.38 Å². The third-order valence-corrected chi connectivity index (χ3v) is 5.14. The molecule has 0 aliphatic rings. The lowest BCUT2D eigenvalue weighted by Gasteiger charge is -2.18. The van der Waals surface area contributed by atoms with E-state index in [1.165, 1.54) is 0 Å². The van der Waals surface area contributed by atoms with E-state index in [1.54, 1.807) is 13.3 Å². The number of methoxy groups -OCH3 is 1. The predicted molar refractivity (Wildman–Crippen MR) is 106 cm³/mol. The van der Waals surface area contributed by atoms with Crippen LogP contribution in [0.1, 0.15) is 44.5 Å². The topological polar surface area (TPSA) is 66.8 Å². The highest BCUT2D eigenvalue weighted by Crippen LogP contribution is 2.18. The SMILES string of the molecule is COc1ccc(COCc2cc(/C(C)=N\[S@+]([O-])C(C)(C)C)ccn2)cc1. The Labute approximate surface area is 158 Å². The molecule has 1 aromatic heterocycles. The summed E-state index contributed by atoms with van der Waals surface area (Å²) in [5.74, 6) is 0.825. The van der Waals surface area contributed by atoms with Crippen molar-refractivity contribution in [2.24, 2.45) is 4.40 Å². The molecule has 2 rings (SSSR count). The second kappa shape index (κ2) is 9.16. The maximum Gasteiger partial charge on any atom is 0.144 e. The Morgan fingerprint density at radius 3 is 2.46 bits per heavy atom. The average Bonchev–Trinajstić information content (AvgIpc) is 2.61. The zero-order valence-electron chi connectivity index (χ0n) is 16.0. The van der Waals surface area contributed by atoms with E-state index in [1.807, 2.05) is 64.1 Å². The largest absolute Gasteiger partial charge is 0.591 e. The van der Waals surface area contributed by atoms with E-state index in [9.17, 15) is 4.55 Å². The van der Waals surface area contributed by atoms with Gasteiger partial charge in [0.2, 0.25) is 0 Å². The van der Waals surface area contributed by atoms with E-state index in [-0.39, 0.29) is 4.75 Å². The highest BCUT2D eigenvalue weighted by Gasteiger charge is 2.26. The summed E-state index contributed by atoms with van der Waals surface area (Å²) in [4.78, 5) is 4.33. The Bertz CT molecular complexity index is 739. The summed E-state index contributed by atoms with van der Waals surface area (Å²) in [5.41, 5.74) is 3.52. The van der Waals surface area contributed by atoms with E-state index in [4.69, 9.17) is 9.47 Å². The molecule has 1 atom stereocenters. The molecule has 0 saturated heterocycles. The second-order valence-electron chi connectivity index (χ2n) is 6.91. The van der Waals surface area contributed by atoms with Crippen LogP contribution >= 0.6 is 0 Å².